The minimum absolute atomic E-state index is 0.0589. The number of nitrogens with zero attached hydrogens (tertiary/aromatic N) is 3. The van der Waals surface area contributed by atoms with Crippen molar-refractivity contribution in [1.82, 2.24) is 19.5 Å². The summed E-state index contributed by atoms with van der Waals surface area (Å²) >= 11 is 1.22. The number of carbonyl (C=O) groups is 2. The number of rotatable bonds is 6. The third-order valence-electron chi connectivity index (χ3n) is 4.56. The van der Waals surface area contributed by atoms with E-state index in [4.69, 9.17) is 9.47 Å². The molecule has 1 amide bonds. The second-order valence-corrected chi connectivity index (χ2v) is 7.23. The highest BCUT2D eigenvalue weighted by molar-refractivity contribution is 7.03. The standard InChI is InChI=1S/C19H26N4O4S/c1-2-15-17-16(6-3-9-26-10-4-7-20-18(17)24)23(22-15)8-5-11-27-19(25)14-12-21-28-13-14/h12-13H,2-11H2,1H3,(H,20,24). The Hall–Kier alpha value is -2.26. The van der Waals surface area contributed by atoms with Crippen LogP contribution in [-0.4, -0.2) is 52.4 Å². The molecule has 0 aromatic carbocycles. The topological polar surface area (TPSA) is 95.3 Å². The molecule has 1 aliphatic heterocycles. The predicted molar refractivity (Wildman–Crippen MR) is 105 cm³/mol. The number of carbonyl (C=O) groups excluding carboxylic acids is 2. The van der Waals surface area contributed by atoms with Gasteiger partial charge in [0.2, 0.25) is 0 Å². The molecule has 0 radical (unpaired) electrons. The number of aryl methyl sites for hydroxylation is 2. The zero-order chi connectivity index (χ0) is 19.8. The van der Waals surface area contributed by atoms with Gasteiger partial charge < -0.3 is 14.8 Å². The van der Waals surface area contributed by atoms with Gasteiger partial charge in [-0.25, -0.2) is 9.17 Å². The highest BCUT2D eigenvalue weighted by Crippen LogP contribution is 2.19. The smallest absolute Gasteiger partial charge is 0.340 e. The van der Waals surface area contributed by atoms with E-state index < -0.39 is 0 Å². The Kier molecular flexibility index (Phi) is 7.55. The molecule has 9 heteroatoms. The predicted octanol–water partition coefficient (Wildman–Crippen LogP) is 2.23. The molecule has 2 aromatic heterocycles. The van der Waals surface area contributed by atoms with Gasteiger partial charge in [-0.15, -0.1) is 0 Å². The lowest BCUT2D eigenvalue weighted by Crippen LogP contribution is -2.26. The summed E-state index contributed by atoms with van der Waals surface area (Å²) in [7, 11) is 0. The number of aromatic nitrogens is 3. The molecule has 0 saturated heterocycles. The molecule has 152 valence electrons. The van der Waals surface area contributed by atoms with Crippen molar-refractivity contribution in [3.63, 3.8) is 0 Å². The van der Waals surface area contributed by atoms with Gasteiger partial charge in [-0.2, -0.15) is 5.10 Å². The van der Waals surface area contributed by atoms with Crippen LogP contribution < -0.4 is 5.32 Å². The van der Waals surface area contributed by atoms with E-state index in [9.17, 15) is 9.59 Å². The van der Waals surface area contributed by atoms with Gasteiger partial charge in [-0.1, -0.05) is 6.92 Å². The van der Waals surface area contributed by atoms with Crippen LogP contribution in [-0.2, 0) is 28.9 Å². The molecule has 0 spiro atoms. The van der Waals surface area contributed by atoms with Crippen molar-refractivity contribution in [2.24, 2.45) is 0 Å². The second-order valence-electron chi connectivity index (χ2n) is 6.57. The van der Waals surface area contributed by atoms with Gasteiger partial charge in [0, 0.05) is 38.1 Å². The highest BCUT2D eigenvalue weighted by atomic mass is 32.1. The molecule has 3 heterocycles. The number of fused-ring (bicyclic) bond motifs is 1. The van der Waals surface area contributed by atoms with Gasteiger partial charge >= 0.3 is 5.97 Å². The Morgan fingerprint density at radius 2 is 2.25 bits per heavy atom. The fraction of sp³-hybridized carbons (Fsp3) is 0.579. The van der Waals surface area contributed by atoms with Gasteiger partial charge in [0.25, 0.3) is 5.91 Å². The molecular formula is C19H26N4O4S. The van der Waals surface area contributed by atoms with Crippen LogP contribution in [0.3, 0.4) is 0 Å². The average Bonchev–Trinajstić information content (AvgIpc) is 3.34. The van der Waals surface area contributed by atoms with Crippen LogP contribution in [0.2, 0.25) is 0 Å². The summed E-state index contributed by atoms with van der Waals surface area (Å²) in [6.45, 7) is 4.82. The van der Waals surface area contributed by atoms with Crippen molar-refractivity contribution in [2.45, 2.75) is 45.6 Å². The Balaban J connectivity index is 1.66. The summed E-state index contributed by atoms with van der Waals surface area (Å²) in [5.41, 5.74) is 2.93. The minimum atomic E-state index is -0.362. The maximum absolute atomic E-state index is 12.7. The number of hydrogen-bond donors (Lipinski definition) is 1. The van der Waals surface area contributed by atoms with Gasteiger partial charge in [-0.3, -0.25) is 9.48 Å². The molecule has 0 aliphatic carbocycles. The first-order valence-corrected chi connectivity index (χ1v) is 10.5. The molecule has 0 unspecified atom stereocenters. The molecule has 8 nitrogen and oxygen atoms in total. The van der Waals surface area contributed by atoms with E-state index in [-0.39, 0.29) is 11.9 Å². The first-order valence-electron chi connectivity index (χ1n) is 9.71. The van der Waals surface area contributed by atoms with Crippen molar-refractivity contribution in [3.8, 4) is 0 Å². The molecule has 1 N–H and O–H groups in total. The van der Waals surface area contributed by atoms with Crippen LogP contribution in [0.1, 0.15) is 58.3 Å². The van der Waals surface area contributed by atoms with Crippen LogP contribution in [0.4, 0.5) is 0 Å². The number of esters is 1. The van der Waals surface area contributed by atoms with Crippen LogP contribution in [0.25, 0.3) is 0 Å². The number of hydrogen-bond acceptors (Lipinski definition) is 7. The summed E-state index contributed by atoms with van der Waals surface area (Å²) in [5.74, 6) is -0.421. The molecule has 1 aliphatic rings. The van der Waals surface area contributed by atoms with Crippen LogP contribution in [0.15, 0.2) is 11.6 Å². The zero-order valence-electron chi connectivity index (χ0n) is 16.1. The van der Waals surface area contributed by atoms with E-state index in [2.05, 4.69) is 14.8 Å². The lowest BCUT2D eigenvalue weighted by molar-refractivity contribution is 0.0495. The number of amides is 1. The quantitative estimate of drug-likeness (QED) is 0.584. The minimum Gasteiger partial charge on any atom is -0.462 e. The van der Waals surface area contributed by atoms with Crippen molar-refractivity contribution >= 4 is 23.4 Å². The van der Waals surface area contributed by atoms with E-state index in [0.29, 0.717) is 56.9 Å². The summed E-state index contributed by atoms with van der Waals surface area (Å²) in [5, 5.41) is 9.30. The van der Waals surface area contributed by atoms with Crippen LogP contribution in [0, 0.1) is 0 Å². The van der Waals surface area contributed by atoms with E-state index >= 15 is 0 Å². The summed E-state index contributed by atoms with van der Waals surface area (Å²) in [6, 6.07) is 0. The average molecular weight is 407 g/mol. The van der Waals surface area contributed by atoms with Crippen LogP contribution in [0.5, 0.6) is 0 Å². The number of nitrogens with one attached hydrogen (secondary N) is 1. The molecule has 0 fully saturated rings. The fourth-order valence-electron chi connectivity index (χ4n) is 3.18. The third kappa shape index (κ3) is 5.17. The SMILES string of the molecule is CCc1nn(CCCOC(=O)c2cnsc2)c2c1C(=O)NCCCOCCC2. The zero-order valence-corrected chi connectivity index (χ0v) is 16.9. The highest BCUT2D eigenvalue weighted by Gasteiger charge is 2.22. The van der Waals surface area contributed by atoms with Crippen molar-refractivity contribution in [3.05, 3.63) is 34.1 Å². The van der Waals surface area contributed by atoms with Crippen molar-refractivity contribution in [1.29, 1.82) is 0 Å². The molecule has 0 bridgehead atoms. The number of ether oxygens (including phenoxy) is 2. The van der Waals surface area contributed by atoms with Gasteiger partial charge in [0.15, 0.2) is 0 Å². The first kappa shape index (κ1) is 20.5. The summed E-state index contributed by atoms with van der Waals surface area (Å²) in [6.07, 6.45) is 5.21. The van der Waals surface area contributed by atoms with E-state index in [1.807, 2.05) is 11.6 Å². The molecule has 3 rings (SSSR count). The molecule has 0 atom stereocenters. The fourth-order valence-corrected chi connectivity index (χ4v) is 3.68. The maximum Gasteiger partial charge on any atom is 0.340 e. The molecule has 2 aromatic rings. The maximum atomic E-state index is 12.7. The van der Waals surface area contributed by atoms with E-state index in [1.54, 1.807) is 5.38 Å². The summed E-state index contributed by atoms with van der Waals surface area (Å²) in [4.78, 5) is 24.6. The van der Waals surface area contributed by atoms with Gasteiger partial charge in [-0.05, 0) is 37.2 Å². The Morgan fingerprint density at radius 3 is 3.04 bits per heavy atom. The monoisotopic (exact) mass is 406 g/mol. The molecular weight excluding hydrogens is 380 g/mol. The van der Waals surface area contributed by atoms with Crippen molar-refractivity contribution < 1.29 is 19.1 Å². The van der Waals surface area contributed by atoms with Gasteiger partial charge in [0.05, 0.1) is 35.3 Å². The Labute approximate surface area is 168 Å². The summed E-state index contributed by atoms with van der Waals surface area (Å²) < 4.78 is 16.7. The van der Waals surface area contributed by atoms with Gasteiger partial charge in [0.1, 0.15) is 0 Å². The van der Waals surface area contributed by atoms with E-state index in [0.717, 1.165) is 30.7 Å². The third-order valence-corrected chi connectivity index (χ3v) is 5.15. The Bertz CT molecular complexity index is 788. The molecule has 0 saturated carbocycles. The second kappa shape index (κ2) is 10.3. The lowest BCUT2D eigenvalue weighted by atomic mass is 10.1. The molecule has 28 heavy (non-hydrogen) atoms. The Morgan fingerprint density at radius 1 is 1.39 bits per heavy atom. The normalized spacial score (nSPS) is 15.4. The first-order chi connectivity index (χ1) is 13.7. The van der Waals surface area contributed by atoms with Crippen LogP contribution >= 0.6 is 11.5 Å². The van der Waals surface area contributed by atoms with Crippen molar-refractivity contribution in [2.75, 3.05) is 26.4 Å². The van der Waals surface area contributed by atoms with E-state index in [1.165, 1.54) is 17.7 Å². The lowest BCUT2D eigenvalue weighted by Gasteiger charge is -2.10. The largest absolute Gasteiger partial charge is 0.462 e.